The average molecular weight is 290 g/mol. The van der Waals surface area contributed by atoms with Gasteiger partial charge in [-0.2, -0.15) is 0 Å². The zero-order valence-electron chi connectivity index (χ0n) is 12.6. The standard InChI is InChI=1S/C16H22N2O3/c1-3-4-9-18(2)16(20)11-14-10-15(17-21-14)12-5-7-13(19)8-6-12/h5-8,14,19H,3-4,9-11H2,1-2H3. The van der Waals surface area contributed by atoms with E-state index in [0.717, 1.165) is 30.7 Å². The Balaban J connectivity index is 1.84. The Morgan fingerprint density at radius 3 is 2.81 bits per heavy atom. The van der Waals surface area contributed by atoms with E-state index in [0.29, 0.717) is 12.8 Å². The minimum absolute atomic E-state index is 0.0932. The van der Waals surface area contributed by atoms with Gasteiger partial charge >= 0.3 is 0 Å². The van der Waals surface area contributed by atoms with E-state index in [1.165, 1.54) is 0 Å². The number of phenolic OH excluding ortho intramolecular Hbond substituents is 1. The van der Waals surface area contributed by atoms with Crippen LogP contribution in [0.5, 0.6) is 5.75 Å². The first-order valence-electron chi connectivity index (χ1n) is 7.36. The molecular weight excluding hydrogens is 268 g/mol. The van der Waals surface area contributed by atoms with Gasteiger partial charge in [-0.3, -0.25) is 4.79 Å². The molecule has 5 nitrogen and oxygen atoms in total. The van der Waals surface area contributed by atoms with Crippen LogP contribution in [0, 0.1) is 0 Å². The molecule has 1 aromatic rings. The Bertz CT molecular complexity index is 511. The summed E-state index contributed by atoms with van der Waals surface area (Å²) >= 11 is 0. The van der Waals surface area contributed by atoms with E-state index >= 15 is 0 Å². The van der Waals surface area contributed by atoms with Gasteiger partial charge in [-0.05, 0) is 36.2 Å². The van der Waals surface area contributed by atoms with Crippen LogP contribution in [-0.4, -0.2) is 41.3 Å². The van der Waals surface area contributed by atoms with Gasteiger partial charge in [-0.1, -0.05) is 18.5 Å². The molecule has 5 heteroatoms. The fourth-order valence-corrected chi connectivity index (χ4v) is 2.23. The molecule has 1 aliphatic heterocycles. The maximum absolute atomic E-state index is 12.1. The molecule has 21 heavy (non-hydrogen) atoms. The molecule has 0 aliphatic carbocycles. The van der Waals surface area contributed by atoms with E-state index in [4.69, 9.17) is 4.84 Å². The fourth-order valence-electron chi connectivity index (χ4n) is 2.23. The van der Waals surface area contributed by atoms with Crippen molar-refractivity contribution in [3.05, 3.63) is 29.8 Å². The Hall–Kier alpha value is -2.04. The van der Waals surface area contributed by atoms with Crippen molar-refractivity contribution < 1.29 is 14.7 Å². The van der Waals surface area contributed by atoms with Gasteiger partial charge in [-0.15, -0.1) is 0 Å². The van der Waals surface area contributed by atoms with Crippen LogP contribution in [0.1, 0.15) is 38.2 Å². The number of carbonyl (C=O) groups is 1. The highest BCUT2D eigenvalue weighted by Crippen LogP contribution is 2.21. The van der Waals surface area contributed by atoms with E-state index in [1.54, 1.807) is 29.2 Å². The third-order valence-corrected chi connectivity index (χ3v) is 3.61. The zero-order chi connectivity index (χ0) is 15.2. The molecule has 1 aromatic carbocycles. The smallest absolute Gasteiger partial charge is 0.226 e. The molecule has 1 aliphatic rings. The molecule has 1 N–H and O–H groups in total. The highest BCUT2D eigenvalue weighted by atomic mass is 16.6. The van der Waals surface area contributed by atoms with Crippen LogP contribution >= 0.6 is 0 Å². The molecule has 1 amide bonds. The van der Waals surface area contributed by atoms with Gasteiger partial charge in [-0.25, -0.2) is 0 Å². The van der Waals surface area contributed by atoms with Crippen molar-refractivity contribution in [1.29, 1.82) is 0 Å². The monoisotopic (exact) mass is 290 g/mol. The van der Waals surface area contributed by atoms with Crippen LogP contribution in [-0.2, 0) is 9.63 Å². The molecule has 0 fully saturated rings. The summed E-state index contributed by atoms with van der Waals surface area (Å²) in [7, 11) is 1.83. The van der Waals surface area contributed by atoms with E-state index in [1.807, 2.05) is 7.05 Å². The Labute approximate surface area is 125 Å². The molecular formula is C16H22N2O3. The summed E-state index contributed by atoms with van der Waals surface area (Å²) in [6.07, 6.45) is 2.88. The molecule has 0 spiro atoms. The van der Waals surface area contributed by atoms with Crippen LogP contribution in [0.3, 0.4) is 0 Å². The van der Waals surface area contributed by atoms with Gasteiger partial charge in [0.1, 0.15) is 11.9 Å². The highest BCUT2D eigenvalue weighted by molar-refractivity contribution is 6.01. The lowest BCUT2D eigenvalue weighted by atomic mass is 10.0. The van der Waals surface area contributed by atoms with Crippen LogP contribution in [0.15, 0.2) is 29.4 Å². The van der Waals surface area contributed by atoms with Gasteiger partial charge in [0.15, 0.2) is 0 Å². The van der Waals surface area contributed by atoms with Crippen molar-refractivity contribution >= 4 is 11.6 Å². The van der Waals surface area contributed by atoms with Crippen molar-refractivity contribution in [1.82, 2.24) is 4.90 Å². The van der Waals surface area contributed by atoms with Gasteiger partial charge < -0.3 is 14.8 Å². The average Bonchev–Trinajstić information content (AvgIpc) is 2.93. The fraction of sp³-hybridized carbons (Fsp3) is 0.500. The minimum Gasteiger partial charge on any atom is -0.508 e. The normalized spacial score (nSPS) is 17.2. The lowest BCUT2D eigenvalue weighted by Gasteiger charge is -2.18. The van der Waals surface area contributed by atoms with Crippen LogP contribution in [0.4, 0.5) is 0 Å². The predicted molar refractivity (Wildman–Crippen MR) is 81.3 cm³/mol. The number of hydrogen-bond acceptors (Lipinski definition) is 4. The maximum Gasteiger partial charge on any atom is 0.226 e. The Morgan fingerprint density at radius 1 is 1.43 bits per heavy atom. The second-order valence-corrected chi connectivity index (χ2v) is 5.39. The number of unbranched alkanes of at least 4 members (excludes halogenated alkanes) is 1. The second kappa shape index (κ2) is 7.11. The van der Waals surface area contributed by atoms with E-state index in [9.17, 15) is 9.90 Å². The van der Waals surface area contributed by atoms with E-state index in [2.05, 4.69) is 12.1 Å². The number of nitrogens with zero attached hydrogens (tertiary/aromatic N) is 2. The number of phenols is 1. The van der Waals surface area contributed by atoms with Crippen LogP contribution < -0.4 is 0 Å². The topological polar surface area (TPSA) is 62.1 Å². The molecule has 0 aromatic heterocycles. The van der Waals surface area contributed by atoms with Gasteiger partial charge in [0, 0.05) is 20.0 Å². The van der Waals surface area contributed by atoms with Gasteiger partial charge in [0.05, 0.1) is 12.1 Å². The first kappa shape index (κ1) is 15.4. The molecule has 0 saturated heterocycles. The summed E-state index contributed by atoms with van der Waals surface area (Å²) in [4.78, 5) is 19.2. The first-order valence-corrected chi connectivity index (χ1v) is 7.36. The Morgan fingerprint density at radius 2 is 2.14 bits per heavy atom. The molecule has 1 atom stereocenters. The summed E-state index contributed by atoms with van der Waals surface area (Å²) < 4.78 is 0. The summed E-state index contributed by atoms with van der Waals surface area (Å²) in [6, 6.07) is 6.84. The first-order chi connectivity index (χ1) is 10.1. The quantitative estimate of drug-likeness (QED) is 0.875. The molecule has 114 valence electrons. The van der Waals surface area contributed by atoms with Crippen molar-refractivity contribution in [3.63, 3.8) is 0 Å². The third-order valence-electron chi connectivity index (χ3n) is 3.61. The minimum atomic E-state index is -0.189. The number of rotatable bonds is 6. The lowest BCUT2D eigenvalue weighted by Crippen LogP contribution is -2.30. The number of oxime groups is 1. The highest BCUT2D eigenvalue weighted by Gasteiger charge is 2.25. The number of carbonyl (C=O) groups excluding carboxylic acids is 1. The van der Waals surface area contributed by atoms with E-state index in [-0.39, 0.29) is 17.8 Å². The summed E-state index contributed by atoms with van der Waals surface area (Å²) in [5.41, 5.74) is 1.74. The molecule has 0 radical (unpaired) electrons. The second-order valence-electron chi connectivity index (χ2n) is 5.39. The number of hydrogen-bond donors (Lipinski definition) is 1. The third kappa shape index (κ3) is 4.21. The van der Waals surface area contributed by atoms with Gasteiger partial charge in [0.25, 0.3) is 0 Å². The summed E-state index contributed by atoms with van der Waals surface area (Å²) in [6.45, 7) is 2.89. The SMILES string of the molecule is CCCCN(C)C(=O)CC1CC(c2ccc(O)cc2)=NO1. The number of benzene rings is 1. The lowest BCUT2D eigenvalue weighted by molar-refractivity contribution is -0.132. The Kier molecular flexibility index (Phi) is 5.20. The number of amides is 1. The zero-order valence-corrected chi connectivity index (χ0v) is 12.6. The molecule has 0 bridgehead atoms. The molecule has 1 heterocycles. The summed E-state index contributed by atoms with van der Waals surface area (Å²) in [5, 5.41) is 13.3. The van der Waals surface area contributed by atoms with Crippen molar-refractivity contribution in [2.24, 2.45) is 5.16 Å². The van der Waals surface area contributed by atoms with Crippen molar-refractivity contribution in [2.45, 2.75) is 38.7 Å². The predicted octanol–water partition coefficient (Wildman–Crippen LogP) is 2.53. The molecule has 2 rings (SSSR count). The molecule has 1 unspecified atom stereocenters. The van der Waals surface area contributed by atoms with E-state index < -0.39 is 0 Å². The van der Waals surface area contributed by atoms with Crippen molar-refractivity contribution in [2.75, 3.05) is 13.6 Å². The largest absolute Gasteiger partial charge is 0.508 e. The van der Waals surface area contributed by atoms with Crippen LogP contribution in [0.2, 0.25) is 0 Å². The van der Waals surface area contributed by atoms with Crippen molar-refractivity contribution in [3.8, 4) is 5.75 Å². The van der Waals surface area contributed by atoms with Crippen LogP contribution in [0.25, 0.3) is 0 Å². The maximum atomic E-state index is 12.1. The molecule has 0 saturated carbocycles. The number of aromatic hydroxyl groups is 1. The summed E-state index contributed by atoms with van der Waals surface area (Å²) in [5.74, 6) is 0.318. The van der Waals surface area contributed by atoms with Gasteiger partial charge in [0.2, 0.25) is 5.91 Å².